The van der Waals surface area contributed by atoms with Crippen LogP contribution in [0.1, 0.15) is 28.5 Å². The van der Waals surface area contributed by atoms with Gasteiger partial charge in [0.1, 0.15) is 5.69 Å². The Kier molecular flexibility index (Phi) is 4.59. The number of benzene rings is 1. The molecule has 10 heteroatoms. The normalized spacial score (nSPS) is 12.3. The lowest BCUT2D eigenvalue weighted by Crippen LogP contribution is -2.11. The molecule has 0 bridgehead atoms. The maximum absolute atomic E-state index is 12.8. The number of hydrogen-bond donors (Lipinski definition) is 1. The molecule has 0 fully saturated rings. The lowest BCUT2D eigenvalue weighted by Gasteiger charge is -2.13. The zero-order chi connectivity index (χ0) is 18.1. The lowest BCUT2D eigenvalue weighted by molar-refractivity contribution is -0.143. The number of H-pyrrole nitrogens is 1. The van der Waals surface area contributed by atoms with Crippen LogP contribution < -0.4 is 0 Å². The molecule has 0 aliphatic carbocycles. The maximum Gasteiger partial charge on any atom is 0.416 e. The smallest absolute Gasteiger partial charge is 0.416 e. The van der Waals surface area contributed by atoms with E-state index in [-0.39, 0.29) is 24.1 Å². The molecule has 130 valence electrons. The van der Waals surface area contributed by atoms with Crippen LogP contribution in [0.15, 0.2) is 24.3 Å². The van der Waals surface area contributed by atoms with Crippen molar-refractivity contribution < 1.29 is 35.9 Å². The summed E-state index contributed by atoms with van der Waals surface area (Å²) in [6.45, 7) is 1.59. The summed E-state index contributed by atoms with van der Waals surface area (Å²) in [5.41, 5.74) is -3.78. The monoisotopic (exact) mass is 352 g/mol. The van der Waals surface area contributed by atoms with Gasteiger partial charge in [0.2, 0.25) is 0 Å². The first kappa shape index (κ1) is 17.8. The fourth-order valence-electron chi connectivity index (χ4n) is 1.89. The number of ether oxygens (including phenoxy) is 1. The van der Waals surface area contributed by atoms with E-state index >= 15 is 0 Å². The molecule has 0 aliphatic heterocycles. The highest BCUT2D eigenvalue weighted by Crippen LogP contribution is 2.38. The Labute approximate surface area is 131 Å². The van der Waals surface area contributed by atoms with E-state index in [0.29, 0.717) is 12.1 Å². The highest BCUT2D eigenvalue weighted by atomic mass is 19.4. The van der Waals surface area contributed by atoms with Crippen molar-refractivity contribution >= 4 is 5.97 Å². The average molecular weight is 352 g/mol. The molecule has 0 saturated carbocycles. The van der Waals surface area contributed by atoms with Crippen molar-refractivity contribution in [2.24, 2.45) is 0 Å². The van der Waals surface area contributed by atoms with Gasteiger partial charge in [-0.05, 0) is 31.2 Å². The molecule has 0 aliphatic rings. The molecule has 0 spiro atoms. The summed E-state index contributed by atoms with van der Waals surface area (Å²) in [5.74, 6) is -0.820. The van der Waals surface area contributed by atoms with E-state index in [9.17, 15) is 31.1 Å². The van der Waals surface area contributed by atoms with Crippen LogP contribution in [0.2, 0.25) is 0 Å². The predicted octanol–water partition coefficient (Wildman–Crippen LogP) is 4.29. The Morgan fingerprint density at radius 1 is 1.04 bits per heavy atom. The molecular formula is C14H10F6N2O2. The van der Waals surface area contributed by atoms with Gasteiger partial charge in [-0.25, -0.2) is 4.79 Å². The van der Waals surface area contributed by atoms with Gasteiger partial charge < -0.3 is 4.74 Å². The van der Waals surface area contributed by atoms with E-state index in [2.05, 4.69) is 14.9 Å². The van der Waals surface area contributed by atoms with Crippen LogP contribution in [0.4, 0.5) is 26.3 Å². The summed E-state index contributed by atoms with van der Waals surface area (Å²) < 4.78 is 81.6. The number of carbonyl (C=O) groups is 1. The third-order valence-corrected chi connectivity index (χ3v) is 2.96. The summed E-state index contributed by atoms with van der Waals surface area (Å²) in [7, 11) is 0. The van der Waals surface area contributed by atoms with Gasteiger partial charge in [0.05, 0.1) is 23.4 Å². The first-order valence-electron chi connectivity index (χ1n) is 6.54. The van der Waals surface area contributed by atoms with Crippen LogP contribution >= 0.6 is 0 Å². The number of nitrogens with one attached hydrogen (secondary N) is 1. The van der Waals surface area contributed by atoms with Gasteiger partial charge in [0, 0.05) is 5.56 Å². The van der Waals surface area contributed by atoms with Crippen molar-refractivity contribution in [3.05, 3.63) is 41.1 Å². The van der Waals surface area contributed by atoms with Crippen LogP contribution in [0.3, 0.4) is 0 Å². The summed E-state index contributed by atoms with van der Waals surface area (Å²) in [4.78, 5) is 11.5. The van der Waals surface area contributed by atoms with Crippen molar-refractivity contribution in [2.75, 3.05) is 6.61 Å². The molecule has 2 rings (SSSR count). The number of alkyl halides is 6. The molecule has 2 aromatic rings. The fourth-order valence-corrected chi connectivity index (χ4v) is 1.89. The van der Waals surface area contributed by atoms with E-state index in [0.717, 1.165) is 6.07 Å². The molecule has 1 heterocycles. The van der Waals surface area contributed by atoms with Gasteiger partial charge in [0.25, 0.3) is 0 Å². The third-order valence-electron chi connectivity index (χ3n) is 2.96. The number of rotatable bonds is 3. The van der Waals surface area contributed by atoms with Gasteiger partial charge in [-0.2, -0.15) is 31.4 Å². The van der Waals surface area contributed by atoms with E-state index in [1.807, 2.05) is 0 Å². The summed E-state index contributed by atoms with van der Waals surface area (Å²) in [5, 5.41) is 5.79. The second-order valence-electron chi connectivity index (χ2n) is 4.68. The summed E-state index contributed by atoms with van der Waals surface area (Å²) in [6, 6.07) is 2.09. The minimum atomic E-state index is -4.96. The number of hydrogen-bond acceptors (Lipinski definition) is 3. The van der Waals surface area contributed by atoms with Crippen molar-refractivity contribution in [2.45, 2.75) is 19.3 Å². The summed E-state index contributed by atoms with van der Waals surface area (Å²) in [6.07, 6.45) is -9.92. The molecule has 0 saturated heterocycles. The quantitative estimate of drug-likeness (QED) is 0.662. The Balaban J connectivity index is 2.52. The van der Waals surface area contributed by atoms with Crippen molar-refractivity contribution in [1.82, 2.24) is 10.2 Å². The molecule has 0 unspecified atom stereocenters. The number of esters is 1. The predicted molar refractivity (Wildman–Crippen MR) is 70.0 cm³/mol. The van der Waals surface area contributed by atoms with E-state index in [4.69, 9.17) is 0 Å². The average Bonchev–Trinajstić information content (AvgIpc) is 2.95. The van der Waals surface area contributed by atoms with Crippen molar-refractivity contribution in [3.8, 4) is 11.3 Å². The lowest BCUT2D eigenvalue weighted by atomic mass is 10.0. The first-order chi connectivity index (χ1) is 11.0. The van der Waals surface area contributed by atoms with Gasteiger partial charge in [-0.3, -0.25) is 5.10 Å². The van der Waals surface area contributed by atoms with Crippen LogP contribution in [-0.4, -0.2) is 22.8 Å². The van der Waals surface area contributed by atoms with Gasteiger partial charge in [-0.1, -0.05) is 0 Å². The number of aromatic amines is 1. The van der Waals surface area contributed by atoms with Crippen molar-refractivity contribution in [1.29, 1.82) is 0 Å². The largest absolute Gasteiger partial charge is 0.461 e. The van der Waals surface area contributed by atoms with Gasteiger partial charge >= 0.3 is 18.3 Å². The van der Waals surface area contributed by atoms with Crippen LogP contribution in [0, 0.1) is 0 Å². The number of aromatic nitrogens is 2. The van der Waals surface area contributed by atoms with Crippen molar-refractivity contribution in [3.63, 3.8) is 0 Å². The second kappa shape index (κ2) is 6.17. The minimum Gasteiger partial charge on any atom is -0.461 e. The SMILES string of the molecule is CCOC(=O)c1cc(-c2cc(C(F)(F)F)cc(C(F)(F)F)c2)n[nH]1. The van der Waals surface area contributed by atoms with Crippen LogP contribution in [0.5, 0.6) is 0 Å². The molecule has 24 heavy (non-hydrogen) atoms. The topological polar surface area (TPSA) is 55.0 Å². The molecule has 1 aromatic heterocycles. The zero-order valence-electron chi connectivity index (χ0n) is 12.0. The number of halogens is 6. The number of carbonyl (C=O) groups excluding carboxylic acids is 1. The Hall–Kier alpha value is -2.52. The third kappa shape index (κ3) is 3.87. The molecule has 0 atom stereocenters. The van der Waals surface area contributed by atoms with E-state index in [1.54, 1.807) is 0 Å². The zero-order valence-corrected chi connectivity index (χ0v) is 12.0. The molecule has 4 nitrogen and oxygen atoms in total. The molecule has 0 amide bonds. The Bertz CT molecular complexity index is 716. The summed E-state index contributed by atoms with van der Waals surface area (Å²) >= 11 is 0. The second-order valence-corrected chi connectivity index (χ2v) is 4.68. The van der Waals surface area contributed by atoms with Gasteiger partial charge in [0.15, 0.2) is 0 Å². The highest BCUT2D eigenvalue weighted by Gasteiger charge is 2.37. The van der Waals surface area contributed by atoms with Gasteiger partial charge in [-0.15, -0.1) is 0 Å². The highest BCUT2D eigenvalue weighted by molar-refractivity contribution is 5.88. The molecule has 1 aromatic carbocycles. The number of nitrogens with zero attached hydrogens (tertiary/aromatic N) is 1. The molecule has 1 N–H and O–H groups in total. The standard InChI is InChI=1S/C14H10F6N2O2/c1-2-24-12(23)11-6-10(21-22-11)7-3-8(13(15,16)17)5-9(4-7)14(18,19)20/h3-6H,2H2,1H3,(H,21,22). The minimum absolute atomic E-state index is 0.0163. The fraction of sp³-hybridized carbons (Fsp3) is 0.286. The first-order valence-corrected chi connectivity index (χ1v) is 6.54. The van der Waals surface area contributed by atoms with E-state index in [1.165, 1.54) is 6.92 Å². The Morgan fingerprint density at radius 3 is 2.04 bits per heavy atom. The van der Waals surface area contributed by atoms with E-state index < -0.39 is 35.0 Å². The Morgan fingerprint density at radius 2 is 1.58 bits per heavy atom. The molecular weight excluding hydrogens is 342 g/mol. The maximum atomic E-state index is 12.8. The van der Waals surface area contributed by atoms with Crippen LogP contribution in [-0.2, 0) is 17.1 Å². The molecule has 0 radical (unpaired) electrons. The van der Waals surface area contributed by atoms with Crippen LogP contribution in [0.25, 0.3) is 11.3 Å².